The summed E-state index contributed by atoms with van der Waals surface area (Å²) in [6, 6.07) is 12.6. The number of nitro benzene ring substituents is 1. The van der Waals surface area contributed by atoms with Gasteiger partial charge in [-0.05, 0) is 11.6 Å². The lowest BCUT2D eigenvalue weighted by molar-refractivity contribution is -0.384. The molecule has 11 heteroatoms. The molecule has 0 bridgehead atoms. The molecule has 2 aromatic carbocycles. The van der Waals surface area contributed by atoms with E-state index >= 15 is 0 Å². The fraction of sp³-hybridized carbons (Fsp3) is 0.200. The molecule has 4 rings (SSSR count). The minimum atomic E-state index is -0.851. The number of methoxy groups -OCH3 is 1. The molecule has 1 atom stereocenters. The maximum Gasteiger partial charge on any atom is 0.273 e. The molecule has 0 spiro atoms. The average Bonchev–Trinajstić information content (AvgIpc) is 3.26. The Morgan fingerprint density at radius 3 is 2.77 bits per heavy atom. The Morgan fingerprint density at radius 2 is 2.06 bits per heavy atom. The first kappa shape index (κ1) is 20.0. The van der Waals surface area contributed by atoms with Gasteiger partial charge in [0.1, 0.15) is 11.8 Å². The van der Waals surface area contributed by atoms with E-state index < -0.39 is 16.9 Å². The summed E-state index contributed by atoms with van der Waals surface area (Å²) < 4.78 is 6.53. The van der Waals surface area contributed by atoms with Gasteiger partial charge in [-0.3, -0.25) is 25.0 Å². The molecular formula is C20H18N6O5. The maximum absolute atomic E-state index is 12.6. The lowest BCUT2D eigenvalue weighted by Gasteiger charge is -2.12. The normalized spacial score (nSPS) is 14.6. The third kappa shape index (κ3) is 4.20. The first-order valence-corrected chi connectivity index (χ1v) is 9.37. The highest BCUT2D eigenvalue weighted by Gasteiger charge is 2.35. The van der Waals surface area contributed by atoms with Crippen molar-refractivity contribution in [2.24, 2.45) is 0 Å². The van der Waals surface area contributed by atoms with E-state index in [9.17, 15) is 19.7 Å². The van der Waals surface area contributed by atoms with Crippen LogP contribution in [0.25, 0.3) is 0 Å². The SMILES string of the molecule is COc1cc([N+](=O)[O-])ccc1NC(=O)CC1C(=O)Nc2nc(Cc3ccccc3)nn21. The molecule has 0 fully saturated rings. The number of fused-ring (bicyclic) bond motifs is 1. The number of benzene rings is 2. The number of nitrogens with zero attached hydrogens (tertiary/aromatic N) is 4. The number of aromatic nitrogens is 3. The van der Waals surface area contributed by atoms with Crippen molar-refractivity contribution in [1.29, 1.82) is 0 Å². The molecule has 3 aromatic rings. The summed E-state index contributed by atoms with van der Waals surface area (Å²) in [7, 11) is 1.34. The Kier molecular flexibility index (Phi) is 5.31. The van der Waals surface area contributed by atoms with Gasteiger partial charge in [-0.25, -0.2) is 4.68 Å². The van der Waals surface area contributed by atoms with Crippen molar-refractivity contribution in [1.82, 2.24) is 14.8 Å². The molecule has 1 unspecified atom stereocenters. The Bertz CT molecular complexity index is 1160. The summed E-state index contributed by atoms with van der Waals surface area (Å²) in [4.78, 5) is 39.5. The Balaban J connectivity index is 1.47. The molecule has 1 aromatic heterocycles. The molecule has 31 heavy (non-hydrogen) atoms. The number of amides is 2. The van der Waals surface area contributed by atoms with Crippen LogP contribution < -0.4 is 15.4 Å². The second-order valence-electron chi connectivity index (χ2n) is 6.86. The van der Waals surface area contributed by atoms with Crippen LogP contribution >= 0.6 is 0 Å². The van der Waals surface area contributed by atoms with Gasteiger partial charge in [-0.15, -0.1) is 0 Å². The van der Waals surface area contributed by atoms with Crippen molar-refractivity contribution >= 4 is 29.1 Å². The predicted octanol–water partition coefficient (Wildman–Crippen LogP) is 2.31. The van der Waals surface area contributed by atoms with Crippen LogP contribution in [-0.4, -0.2) is 38.6 Å². The van der Waals surface area contributed by atoms with E-state index in [0.717, 1.165) is 5.56 Å². The second-order valence-corrected chi connectivity index (χ2v) is 6.86. The van der Waals surface area contributed by atoms with Crippen LogP contribution in [0.5, 0.6) is 5.75 Å². The monoisotopic (exact) mass is 422 g/mol. The zero-order chi connectivity index (χ0) is 22.0. The summed E-state index contributed by atoms with van der Waals surface area (Å²) in [5.74, 6) is 0.114. The van der Waals surface area contributed by atoms with Crippen molar-refractivity contribution in [2.75, 3.05) is 17.7 Å². The summed E-state index contributed by atoms with van der Waals surface area (Å²) in [5, 5.41) is 20.6. The van der Waals surface area contributed by atoms with Gasteiger partial charge in [0.15, 0.2) is 5.82 Å². The number of anilines is 2. The van der Waals surface area contributed by atoms with Crippen LogP contribution in [0.4, 0.5) is 17.3 Å². The molecule has 2 amide bonds. The number of carbonyl (C=O) groups excluding carboxylic acids is 2. The summed E-state index contributed by atoms with van der Waals surface area (Å²) in [6.07, 6.45) is 0.308. The van der Waals surface area contributed by atoms with Crippen LogP contribution in [0.15, 0.2) is 48.5 Å². The van der Waals surface area contributed by atoms with Crippen molar-refractivity contribution in [3.8, 4) is 5.75 Å². The zero-order valence-corrected chi connectivity index (χ0v) is 16.4. The topological polar surface area (TPSA) is 141 Å². The van der Waals surface area contributed by atoms with Crippen LogP contribution in [0, 0.1) is 10.1 Å². The minimum Gasteiger partial charge on any atom is -0.494 e. The molecule has 0 aliphatic carbocycles. The molecule has 0 saturated heterocycles. The fourth-order valence-electron chi connectivity index (χ4n) is 3.28. The van der Waals surface area contributed by atoms with Crippen molar-refractivity contribution < 1.29 is 19.2 Å². The Hall–Kier alpha value is -4.28. The predicted molar refractivity (Wildman–Crippen MR) is 110 cm³/mol. The van der Waals surface area contributed by atoms with Crippen molar-refractivity contribution in [2.45, 2.75) is 18.9 Å². The van der Waals surface area contributed by atoms with Crippen LogP contribution in [-0.2, 0) is 16.0 Å². The highest BCUT2D eigenvalue weighted by molar-refractivity contribution is 6.01. The Morgan fingerprint density at radius 1 is 1.29 bits per heavy atom. The van der Waals surface area contributed by atoms with Gasteiger partial charge in [0.2, 0.25) is 11.9 Å². The zero-order valence-electron chi connectivity index (χ0n) is 16.4. The molecule has 0 saturated carbocycles. The Labute approximate surface area is 176 Å². The van der Waals surface area contributed by atoms with Crippen molar-refractivity contribution in [3.63, 3.8) is 0 Å². The van der Waals surface area contributed by atoms with E-state index in [4.69, 9.17) is 4.74 Å². The van der Waals surface area contributed by atoms with E-state index in [1.165, 1.54) is 30.0 Å². The van der Waals surface area contributed by atoms with Crippen LogP contribution in [0.1, 0.15) is 23.9 Å². The average molecular weight is 422 g/mol. The number of nitrogens with one attached hydrogen (secondary N) is 2. The highest BCUT2D eigenvalue weighted by Crippen LogP contribution is 2.30. The van der Waals surface area contributed by atoms with Gasteiger partial charge in [0, 0.05) is 12.5 Å². The van der Waals surface area contributed by atoms with Gasteiger partial charge in [0.25, 0.3) is 11.6 Å². The van der Waals surface area contributed by atoms with E-state index in [0.29, 0.717) is 18.2 Å². The summed E-state index contributed by atoms with van der Waals surface area (Å²) >= 11 is 0. The number of nitro groups is 1. The minimum absolute atomic E-state index is 0.144. The quantitative estimate of drug-likeness (QED) is 0.439. The third-order valence-corrected chi connectivity index (χ3v) is 4.76. The standard InChI is InChI=1S/C20H18N6O5/c1-31-16-10-13(26(29)30)7-8-14(16)21-18(27)11-15-19(28)23-20-22-17(24-25(15)20)9-12-5-3-2-4-6-12/h2-8,10,15H,9,11H2,1H3,(H,21,27)(H,22,23,24,28). The molecule has 158 valence electrons. The first-order chi connectivity index (χ1) is 14.9. The molecule has 1 aliphatic rings. The smallest absolute Gasteiger partial charge is 0.273 e. The maximum atomic E-state index is 12.6. The van der Waals surface area contributed by atoms with Crippen LogP contribution in [0.3, 0.4) is 0 Å². The molecule has 0 radical (unpaired) electrons. The first-order valence-electron chi connectivity index (χ1n) is 9.37. The largest absolute Gasteiger partial charge is 0.494 e. The molecular weight excluding hydrogens is 404 g/mol. The van der Waals surface area contributed by atoms with E-state index in [-0.39, 0.29) is 29.5 Å². The van der Waals surface area contributed by atoms with Gasteiger partial charge in [-0.1, -0.05) is 30.3 Å². The second kappa shape index (κ2) is 8.22. The van der Waals surface area contributed by atoms with E-state index in [2.05, 4.69) is 20.7 Å². The van der Waals surface area contributed by atoms with Gasteiger partial charge in [-0.2, -0.15) is 10.1 Å². The number of carbonyl (C=O) groups is 2. The molecule has 1 aliphatic heterocycles. The third-order valence-electron chi connectivity index (χ3n) is 4.76. The number of rotatable bonds is 7. The lowest BCUT2D eigenvalue weighted by atomic mass is 10.1. The number of hydrogen-bond donors (Lipinski definition) is 2. The summed E-state index contributed by atoms with van der Waals surface area (Å²) in [6.45, 7) is 0. The van der Waals surface area contributed by atoms with E-state index in [1.807, 2.05) is 30.3 Å². The van der Waals surface area contributed by atoms with E-state index in [1.54, 1.807) is 0 Å². The van der Waals surface area contributed by atoms with Gasteiger partial charge >= 0.3 is 0 Å². The fourth-order valence-corrected chi connectivity index (χ4v) is 3.28. The van der Waals surface area contributed by atoms with Gasteiger partial charge < -0.3 is 10.1 Å². The molecule has 2 heterocycles. The summed E-state index contributed by atoms with van der Waals surface area (Å²) in [5.41, 5.74) is 1.13. The number of ether oxygens (including phenoxy) is 1. The molecule has 11 nitrogen and oxygen atoms in total. The van der Waals surface area contributed by atoms with Crippen LogP contribution in [0.2, 0.25) is 0 Å². The lowest BCUT2D eigenvalue weighted by Crippen LogP contribution is -2.24. The van der Waals surface area contributed by atoms with Crippen molar-refractivity contribution in [3.05, 3.63) is 70.0 Å². The highest BCUT2D eigenvalue weighted by atomic mass is 16.6. The molecule has 2 N–H and O–H groups in total. The van der Waals surface area contributed by atoms with Gasteiger partial charge in [0.05, 0.1) is 30.2 Å². The number of hydrogen-bond acceptors (Lipinski definition) is 7. The number of non-ortho nitro benzene ring substituents is 1.